The van der Waals surface area contributed by atoms with Crippen molar-refractivity contribution in [2.75, 3.05) is 31.6 Å². The highest BCUT2D eigenvalue weighted by molar-refractivity contribution is 6.35. The summed E-state index contributed by atoms with van der Waals surface area (Å²) in [5.74, 6) is -1.34. The van der Waals surface area contributed by atoms with Gasteiger partial charge in [0.15, 0.2) is 17.5 Å². The van der Waals surface area contributed by atoms with Gasteiger partial charge in [-0.2, -0.15) is 8.78 Å². The topological polar surface area (TPSA) is 99.2 Å². The zero-order valence-electron chi connectivity index (χ0n) is 29.1. The Bertz CT molecular complexity index is 1940. The summed E-state index contributed by atoms with van der Waals surface area (Å²) >= 11 is 12.9. The molecule has 8 rings (SSSR count). The molecule has 4 aliphatic rings. The Kier molecular flexibility index (Phi) is 11.8. The second kappa shape index (κ2) is 16.9. The van der Waals surface area contributed by atoms with Crippen LogP contribution in [0.5, 0.6) is 11.5 Å². The van der Waals surface area contributed by atoms with Crippen LogP contribution < -0.4 is 14.8 Å². The van der Waals surface area contributed by atoms with Gasteiger partial charge in [0, 0.05) is 36.6 Å². The molecule has 0 amide bonds. The van der Waals surface area contributed by atoms with Crippen molar-refractivity contribution in [1.82, 2.24) is 9.88 Å². The molecule has 9 nitrogen and oxygen atoms in total. The Morgan fingerprint density at radius 3 is 2.30 bits per heavy atom. The molecule has 284 valence electrons. The van der Waals surface area contributed by atoms with Crippen LogP contribution in [0.2, 0.25) is 10.0 Å². The van der Waals surface area contributed by atoms with E-state index >= 15 is 4.39 Å². The maximum Gasteiger partial charge on any atom is 0.387 e. The average Bonchev–Trinajstić information content (AvgIpc) is 4.00. The summed E-state index contributed by atoms with van der Waals surface area (Å²) in [4.78, 5) is 33.6. The number of anilines is 1. The molecule has 3 aromatic carbocycles. The van der Waals surface area contributed by atoms with Crippen LogP contribution in [0.1, 0.15) is 64.9 Å². The lowest BCUT2D eigenvalue weighted by Crippen LogP contribution is -2.52. The number of esters is 2. The van der Waals surface area contributed by atoms with Crippen molar-refractivity contribution in [3.8, 4) is 11.5 Å². The molecule has 1 aromatic heterocycles. The lowest BCUT2D eigenvalue weighted by molar-refractivity contribution is -0.160. The fourth-order valence-electron chi connectivity index (χ4n) is 6.87. The molecule has 4 heterocycles. The number of piperidine rings is 3. The number of aromatic nitrogens is 1. The highest BCUT2D eigenvalue weighted by atomic mass is 35.5. The molecule has 3 aliphatic heterocycles. The van der Waals surface area contributed by atoms with Crippen molar-refractivity contribution in [1.29, 1.82) is 0 Å². The first-order chi connectivity index (χ1) is 26.1. The van der Waals surface area contributed by atoms with Crippen LogP contribution in [-0.2, 0) is 20.7 Å². The zero-order chi connectivity index (χ0) is 37.8. The number of alkyl halides is 2. The van der Waals surface area contributed by atoms with Gasteiger partial charge in [-0.05, 0) is 104 Å². The summed E-state index contributed by atoms with van der Waals surface area (Å²) in [5.41, 5.74) is 1.62. The van der Waals surface area contributed by atoms with E-state index in [9.17, 15) is 18.4 Å². The largest absolute Gasteiger partial charge is 0.489 e. The van der Waals surface area contributed by atoms with Gasteiger partial charge in [0.25, 0.3) is 0 Å². The number of fused-ring (bicyclic) bond motifs is 3. The number of nitrogens with one attached hydrogen (secondary N) is 1. The average molecular weight is 785 g/mol. The number of hydrogen-bond acceptors (Lipinski definition) is 9. The Hall–Kier alpha value is -4.52. The van der Waals surface area contributed by atoms with Crippen LogP contribution in [0.25, 0.3) is 0 Å². The number of halogens is 5. The number of pyridine rings is 1. The van der Waals surface area contributed by atoms with Crippen LogP contribution in [0.15, 0.2) is 79.1 Å². The number of rotatable bonds is 15. The second-order valence-electron chi connectivity index (χ2n) is 13.8. The van der Waals surface area contributed by atoms with E-state index in [-0.39, 0.29) is 51.1 Å². The van der Waals surface area contributed by atoms with Crippen molar-refractivity contribution in [3.63, 3.8) is 0 Å². The molecule has 4 fully saturated rings. The lowest BCUT2D eigenvalue weighted by Gasteiger charge is -2.44. The summed E-state index contributed by atoms with van der Waals surface area (Å²) in [6.07, 6.45) is 5.44. The molecule has 1 aliphatic carbocycles. The molecule has 3 saturated heterocycles. The van der Waals surface area contributed by atoms with Crippen molar-refractivity contribution in [3.05, 3.63) is 117 Å². The number of nitrogens with zero attached hydrogens (tertiary/aromatic N) is 2. The van der Waals surface area contributed by atoms with E-state index in [1.165, 1.54) is 54.9 Å². The van der Waals surface area contributed by atoms with E-state index in [0.29, 0.717) is 35.9 Å². The molecule has 0 spiro atoms. The van der Waals surface area contributed by atoms with E-state index in [1.54, 1.807) is 24.3 Å². The third-order valence-electron chi connectivity index (χ3n) is 10.1. The number of ether oxygens (including phenoxy) is 4. The normalized spacial score (nSPS) is 20.2. The van der Waals surface area contributed by atoms with Crippen LogP contribution in [0.3, 0.4) is 0 Å². The molecule has 1 saturated carbocycles. The van der Waals surface area contributed by atoms with Gasteiger partial charge >= 0.3 is 18.6 Å². The maximum atomic E-state index is 15.1. The minimum absolute atomic E-state index is 0.0225. The molecule has 0 radical (unpaired) electrons. The highest BCUT2D eigenvalue weighted by Crippen LogP contribution is 2.38. The van der Waals surface area contributed by atoms with E-state index in [1.807, 2.05) is 0 Å². The molecule has 3 atom stereocenters. The Morgan fingerprint density at radius 1 is 0.926 bits per heavy atom. The maximum absolute atomic E-state index is 15.1. The number of benzene rings is 3. The summed E-state index contributed by atoms with van der Waals surface area (Å²) in [6, 6.07) is 15.4. The second-order valence-corrected chi connectivity index (χ2v) is 14.6. The highest BCUT2D eigenvalue weighted by Gasteiger charge is 2.38. The minimum atomic E-state index is -3.07. The minimum Gasteiger partial charge on any atom is -0.489 e. The Morgan fingerprint density at radius 2 is 1.65 bits per heavy atom. The Labute approximate surface area is 320 Å². The number of hydrogen-bond donors (Lipinski definition) is 1. The van der Waals surface area contributed by atoms with Gasteiger partial charge in [0.2, 0.25) is 0 Å². The van der Waals surface area contributed by atoms with E-state index in [0.717, 1.165) is 38.8 Å². The summed E-state index contributed by atoms with van der Waals surface area (Å²) in [5, 5.41) is 3.60. The fourth-order valence-corrected chi connectivity index (χ4v) is 7.39. The van der Waals surface area contributed by atoms with Crippen molar-refractivity contribution in [2.45, 2.75) is 57.0 Å². The molecule has 4 aromatic rings. The van der Waals surface area contributed by atoms with E-state index in [2.05, 4.69) is 15.2 Å². The smallest absolute Gasteiger partial charge is 0.387 e. The summed E-state index contributed by atoms with van der Waals surface area (Å²) < 4.78 is 64.2. The van der Waals surface area contributed by atoms with E-state index < -0.39 is 36.5 Å². The van der Waals surface area contributed by atoms with Crippen molar-refractivity contribution >= 4 is 40.8 Å². The predicted octanol–water partition coefficient (Wildman–Crippen LogP) is 8.85. The molecule has 54 heavy (non-hydrogen) atoms. The molecule has 1 unspecified atom stereocenters. The number of carbonyl (C=O) groups excluding carboxylic acids is 2. The van der Waals surface area contributed by atoms with Gasteiger partial charge in [-0.15, -0.1) is 0 Å². The lowest BCUT2D eigenvalue weighted by atomic mass is 9.86. The fraction of sp³-hybridized carbons (Fsp3) is 0.375. The van der Waals surface area contributed by atoms with Gasteiger partial charge in [-0.25, -0.2) is 14.0 Å². The zero-order valence-corrected chi connectivity index (χ0v) is 30.6. The first kappa shape index (κ1) is 37.8. The van der Waals surface area contributed by atoms with Gasteiger partial charge in [0.05, 0.1) is 22.2 Å². The van der Waals surface area contributed by atoms with Crippen LogP contribution in [0.4, 0.5) is 18.9 Å². The molecule has 14 heteroatoms. The number of carbonyl (C=O) groups is 2. The molecule has 2 bridgehead atoms. The monoisotopic (exact) mass is 783 g/mol. The quantitative estimate of drug-likeness (QED) is 0.119. The van der Waals surface area contributed by atoms with Gasteiger partial charge in [0.1, 0.15) is 18.0 Å². The Balaban J connectivity index is 1.11. The van der Waals surface area contributed by atoms with Crippen LogP contribution in [-0.4, -0.2) is 60.8 Å². The van der Waals surface area contributed by atoms with Crippen LogP contribution >= 0.6 is 23.2 Å². The molecular weight excluding hydrogens is 746 g/mol. The van der Waals surface area contributed by atoms with Gasteiger partial charge in [-0.3, -0.25) is 9.88 Å². The van der Waals surface area contributed by atoms with Crippen LogP contribution in [0, 0.1) is 17.7 Å². The van der Waals surface area contributed by atoms with Crippen molar-refractivity contribution in [2.24, 2.45) is 11.8 Å². The third-order valence-corrected chi connectivity index (χ3v) is 10.7. The first-order valence-corrected chi connectivity index (χ1v) is 18.6. The van der Waals surface area contributed by atoms with Gasteiger partial charge < -0.3 is 24.3 Å². The standard InChI is InChI=1S/C40H38Cl2F3N3O6/c41-30-19-46-20-31(42)29(30)18-34(26-9-12-33(54-40(44)45)35(17-26)51-22-23-5-6-23)52-38(49)25-7-10-27(11-8-25)47-37(28-3-1-2-4-32(28)43)39(50)53-36-21-48-15-13-24(36)14-16-48/h1-4,7-12,17,19-20,23-24,34,36-37,40,47H,5-6,13-16,18,21-22H2/t34-,36-,37?/m0/s1. The predicted molar refractivity (Wildman–Crippen MR) is 196 cm³/mol. The summed E-state index contributed by atoms with van der Waals surface area (Å²) in [7, 11) is 0. The van der Waals surface area contributed by atoms with E-state index in [4.69, 9.17) is 42.1 Å². The third kappa shape index (κ3) is 9.22. The molecule has 1 N–H and O–H groups in total. The molecular formula is C40H38Cl2F3N3O6. The van der Waals surface area contributed by atoms with Crippen molar-refractivity contribution < 1.29 is 41.7 Å². The van der Waals surface area contributed by atoms with Gasteiger partial charge in [-0.1, -0.05) is 47.5 Å². The SMILES string of the molecule is O=C(O[C@@H](Cc1c(Cl)cncc1Cl)c1ccc(OC(F)F)c(OCC2CC2)c1)c1ccc(NC(C(=O)O[C@H]2CN3CCC2CC3)c2ccccc2F)cc1. The summed E-state index contributed by atoms with van der Waals surface area (Å²) in [6.45, 7) is -0.136. The first-order valence-electron chi connectivity index (χ1n) is 17.9.